The summed E-state index contributed by atoms with van der Waals surface area (Å²) in [5, 5.41) is 0. The van der Waals surface area contributed by atoms with Gasteiger partial charge in [0, 0.05) is 18.0 Å². The van der Waals surface area contributed by atoms with Crippen LogP contribution in [0.2, 0.25) is 0 Å². The van der Waals surface area contributed by atoms with E-state index in [0.29, 0.717) is 5.56 Å². The van der Waals surface area contributed by atoms with Crippen molar-refractivity contribution in [1.82, 2.24) is 4.98 Å². The second-order valence-corrected chi connectivity index (χ2v) is 1.40. The van der Waals surface area contributed by atoms with Crippen LogP contribution in [0.4, 0.5) is 0 Å². The summed E-state index contributed by atoms with van der Waals surface area (Å²) in [5.41, 5.74) is 0.618. The molecule has 10 heavy (non-hydrogen) atoms. The van der Waals surface area contributed by atoms with Crippen LogP contribution < -0.4 is 0 Å². The number of pyridine rings is 1. The zero-order valence-electron chi connectivity index (χ0n) is 5.06. The number of nitrogens with zero attached hydrogens (tertiary/aromatic N) is 1. The van der Waals surface area contributed by atoms with E-state index >= 15 is 0 Å². The van der Waals surface area contributed by atoms with Gasteiger partial charge >= 0.3 is 0 Å². The zero-order chi connectivity index (χ0) is 5.82. The van der Waals surface area contributed by atoms with Crippen molar-refractivity contribution >= 4 is 31.1 Å². The minimum absolute atomic E-state index is 0. The molecule has 1 aromatic heterocycles. The van der Waals surface area contributed by atoms with E-state index in [1.807, 2.05) is 0 Å². The molecule has 0 aromatic carbocycles. The minimum Gasteiger partial charge on any atom is -0.298 e. The van der Waals surface area contributed by atoms with Crippen molar-refractivity contribution in [1.29, 1.82) is 0 Å². The Morgan fingerprint density at radius 3 is 2.40 bits per heavy atom. The maximum Gasteiger partial charge on any atom is 0.151 e. The largest absolute Gasteiger partial charge is 0.298 e. The van der Waals surface area contributed by atoms with Gasteiger partial charge in [0.15, 0.2) is 6.29 Å². The smallest absolute Gasteiger partial charge is 0.151 e. The fourth-order valence-electron chi connectivity index (χ4n) is 0.446. The Hall–Kier alpha value is -0.600. The zero-order valence-corrected chi connectivity index (χ0v) is 6.69. The lowest BCUT2D eigenvalue weighted by Crippen LogP contribution is -1.77. The van der Waals surface area contributed by atoms with Crippen LogP contribution in [-0.4, -0.2) is 11.3 Å². The molecule has 1 aromatic rings. The maximum atomic E-state index is 9.97. The third kappa shape index (κ3) is 3.43. The van der Waals surface area contributed by atoms with Crippen LogP contribution in [-0.2, 0) is 0 Å². The second kappa shape index (κ2) is 6.52. The van der Waals surface area contributed by atoms with Gasteiger partial charge in [0.25, 0.3) is 0 Å². The van der Waals surface area contributed by atoms with Crippen LogP contribution in [0.1, 0.15) is 10.4 Å². The fraction of sp³-hybridized carbons (Fsp3) is 0. The monoisotopic (exact) mass is 179 g/mol. The topological polar surface area (TPSA) is 30.0 Å². The molecule has 0 bridgehead atoms. The molecular weight excluding hydrogens is 173 g/mol. The van der Waals surface area contributed by atoms with E-state index in [1.54, 1.807) is 18.3 Å². The predicted molar refractivity (Wildman–Crippen MR) is 44.1 cm³/mol. The first kappa shape index (κ1) is 12.1. The third-order valence-corrected chi connectivity index (χ3v) is 0.820. The van der Waals surface area contributed by atoms with E-state index in [0.717, 1.165) is 6.29 Å². The normalized spacial score (nSPS) is 6.80. The van der Waals surface area contributed by atoms with Crippen LogP contribution in [0.25, 0.3) is 0 Å². The highest BCUT2D eigenvalue weighted by atomic mass is 35.5. The van der Waals surface area contributed by atoms with E-state index < -0.39 is 0 Å². The Balaban J connectivity index is 0. The lowest BCUT2D eigenvalue weighted by Gasteiger charge is -1.81. The molecule has 0 atom stereocenters. The molecule has 4 heteroatoms. The lowest BCUT2D eigenvalue weighted by atomic mass is 10.3. The van der Waals surface area contributed by atoms with Crippen LogP contribution in [0.3, 0.4) is 0 Å². The standard InChI is InChI=1S/C6H5NO.2ClH/c8-5-6-2-1-3-7-4-6;;/h1-5H;2*1H. The Morgan fingerprint density at radius 2 is 2.10 bits per heavy atom. The molecule has 0 unspecified atom stereocenters. The molecule has 0 saturated carbocycles. The average molecular weight is 180 g/mol. The van der Waals surface area contributed by atoms with Gasteiger partial charge in [0.05, 0.1) is 0 Å². The Kier molecular flexibility index (Phi) is 7.90. The van der Waals surface area contributed by atoms with Crippen molar-refractivity contribution in [3.05, 3.63) is 30.1 Å². The molecule has 56 valence electrons. The van der Waals surface area contributed by atoms with E-state index in [1.165, 1.54) is 6.20 Å². The van der Waals surface area contributed by atoms with E-state index in [-0.39, 0.29) is 24.8 Å². The maximum absolute atomic E-state index is 9.97. The molecule has 0 N–H and O–H groups in total. The van der Waals surface area contributed by atoms with Gasteiger partial charge in [0.1, 0.15) is 0 Å². The molecule has 0 aliphatic carbocycles. The molecule has 1 heterocycles. The minimum atomic E-state index is 0. The van der Waals surface area contributed by atoms with Gasteiger partial charge in [-0.1, -0.05) is 0 Å². The molecule has 0 aliphatic rings. The van der Waals surface area contributed by atoms with Crippen molar-refractivity contribution in [3.8, 4) is 0 Å². The van der Waals surface area contributed by atoms with Crippen molar-refractivity contribution in [2.75, 3.05) is 0 Å². The quantitative estimate of drug-likeness (QED) is 0.616. The van der Waals surface area contributed by atoms with Gasteiger partial charge in [0.2, 0.25) is 0 Å². The van der Waals surface area contributed by atoms with E-state index in [9.17, 15) is 4.79 Å². The summed E-state index contributed by atoms with van der Waals surface area (Å²) in [6.45, 7) is 0. The van der Waals surface area contributed by atoms with Gasteiger partial charge in [-0.05, 0) is 12.1 Å². The molecule has 0 aliphatic heterocycles. The van der Waals surface area contributed by atoms with Gasteiger partial charge in [-0.2, -0.15) is 0 Å². The number of aldehydes is 1. The van der Waals surface area contributed by atoms with Gasteiger partial charge < -0.3 is 0 Å². The van der Waals surface area contributed by atoms with Crippen molar-refractivity contribution in [3.63, 3.8) is 0 Å². The number of carbonyl (C=O) groups is 1. The molecule has 0 spiro atoms. The third-order valence-electron chi connectivity index (χ3n) is 0.820. The highest BCUT2D eigenvalue weighted by Crippen LogP contribution is 1.87. The lowest BCUT2D eigenvalue weighted by molar-refractivity contribution is 0.112. The molecular formula is C6H7Cl2NO. The van der Waals surface area contributed by atoms with Gasteiger partial charge in [-0.15, -0.1) is 24.8 Å². The number of rotatable bonds is 1. The van der Waals surface area contributed by atoms with Crippen molar-refractivity contribution < 1.29 is 4.79 Å². The first-order valence-electron chi connectivity index (χ1n) is 2.28. The predicted octanol–water partition coefficient (Wildman–Crippen LogP) is 1.74. The molecule has 1 rings (SSSR count). The van der Waals surface area contributed by atoms with Crippen LogP contribution in [0.15, 0.2) is 24.5 Å². The number of carbonyl (C=O) groups excluding carboxylic acids is 1. The molecule has 0 amide bonds. The van der Waals surface area contributed by atoms with Crippen molar-refractivity contribution in [2.45, 2.75) is 0 Å². The fourth-order valence-corrected chi connectivity index (χ4v) is 0.446. The molecule has 0 saturated heterocycles. The summed E-state index contributed by atoms with van der Waals surface area (Å²) in [6, 6.07) is 3.43. The van der Waals surface area contributed by atoms with Crippen molar-refractivity contribution in [2.24, 2.45) is 0 Å². The number of hydrogen-bond acceptors (Lipinski definition) is 2. The van der Waals surface area contributed by atoms with Crippen LogP contribution in [0, 0.1) is 0 Å². The average Bonchev–Trinajstić information content (AvgIpc) is 1.90. The highest BCUT2D eigenvalue weighted by molar-refractivity contribution is 5.85. The van der Waals surface area contributed by atoms with Gasteiger partial charge in [-0.3, -0.25) is 9.78 Å². The second-order valence-electron chi connectivity index (χ2n) is 1.40. The summed E-state index contributed by atoms with van der Waals surface area (Å²) in [4.78, 5) is 13.7. The first-order chi connectivity index (χ1) is 3.93. The molecule has 0 fully saturated rings. The Bertz CT molecular complexity index is 178. The van der Waals surface area contributed by atoms with Crippen LogP contribution in [0.5, 0.6) is 0 Å². The Morgan fingerprint density at radius 1 is 1.40 bits per heavy atom. The molecule has 2 nitrogen and oxygen atoms in total. The summed E-state index contributed by atoms with van der Waals surface area (Å²) < 4.78 is 0. The summed E-state index contributed by atoms with van der Waals surface area (Å²) >= 11 is 0. The first-order valence-corrected chi connectivity index (χ1v) is 2.28. The number of hydrogen-bond donors (Lipinski definition) is 0. The van der Waals surface area contributed by atoms with Crippen LogP contribution >= 0.6 is 24.8 Å². The highest BCUT2D eigenvalue weighted by Gasteiger charge is 1.81. The Labute approximate surface area is 71.5 Å². The van der Waals surface area contributed by atoms with Gasteiger partial charge in [-0.25, -0.2) is 0 Å². The summed E-state index contributed by atoms with van der Waals surface area (Å²) in [5.74, 6) is 0. The number of halogens is 2. The SMILES string of the molecule is Cl.Cl.O=Cc1cccnc1. The number of aromatic nitrogens is 1. The summed E-state index contributed by atoms with van der Waals surface area (Å²) in [7, 11) is 0. The summed E-state index contributed by atoms with van der Waals surface area (Å²) in [6.07, 6.45) is 3.92. The van der Waals surface area contributed by atoms with E-state index in [4.69, 9.17) is 0 Å². The molecule has 0 radical (unpaired) electrons. The van der Waals surface area contributed by atoms with E-state index in [2.05, 4.69) is 4.98 Å².